The Morgan fingerprint density at radius 2 is 0.923 bits per heavy atom. The summed E-state index contributed by atoms with van der Waals surface area (Å²) in [5, 5.41) is 7.08. The number of hydrogen-bond donors (Lipinski definition) is 0. The van der Waals surface area contributed by atoms with Crippen LogP contribution in [0.15, 0.2) is 260 Å². The van der Waals surface area contributed by atoms with E-state index in [0.29, 0.717) is 43.6 Å². The van der Waals surface area contributed by atoms with Gasteiger partial charge < -0.3 is 9.47 Å². The third-order valence-electron chi connectivity index (χ3n) is 11.5. The van der Waals surface area contributed by atoms with Gasteiger partial charge in [-0.3, -0.25) is 0 Å². The third kappa shape index (κ3) is 7.68. The van der Waals surface area contributed by atoms with E-state index >= 15 is 8.42 Å². The molecule has 0 aliphatic heterocycles. The Bertz CT molecular complexity index is 3660. The highest BCUT2D eigenvalue weighted by molar-refractivity contribution is 8.03. The lowest BCUT2D eigenvalue weighted by atomic mass is 9.94. The molecule has 0 saturated carbocycles. The molecule has 0 unspecified atom stereocenters. The fraction of sp³-hybridized carbons (Fsp3) is 0. The van der Waals surface area contributed by atoms with Crippen LogP contribution in [-0.2, 0) is 9.84 Å². The number of rotatable bonds is 11. The van der Waals surface area contributed by atoms with Crippen molar-refractivity contribution in [1.29, 1.82) is 0 Å². The van der Waals surface area contributed by atoms with Crippen molar-refractivity contribution >= 4 is 76.5 Å². The molecular weight excluding hydrogens is 857 g/mol. The van der Waals surface area contributed by atoms with Gasteiger partial charge in [0, 0.05) is 31.0 Å². The van der Waals surface area contributed by atoms with Crippen molar-refractivity contribution in [3.8, 4) is 34.1 Å². The summed E-state index contributed by atoms with van der Waals surface area (Å²) in [6.45, 7) is 0. The van der Waals surface area contributed by atoms with Crippen LogP contribution in [-0.4, -0.2) is 8.42 Å². The Morgan fingerprint density at radius 3 is 1.65 bits per heavy atom. The lowest BCUT2D eigenvalue weighted by Gasteiger charge is -2.25. The van der Waals surface area contributed by atoms with Crippen LogP contribution in [0.3, 0.4) is 0 Å². The van der Waals surface area contributed by atoms with Gasteiger partial charge in [0.25, 0.3) is 0 Å². The smallest absolute Gasteiger partial charge is 0.208 e. The van der Waals surface area contributed by atoms with Crippen LogP contribution in [0.2, 0.25) is 0 Å². The molecule has 0 saturated heterocycles. The van der Waals surface area contributed by atoms with Crippen molar-refractivity contribution in [2.24, 2.45) is 0 Å². The largest absolute Gasteiger partial charge is 0.456 e. The van der Waals surface area contributed by atoms with Gasteiger partial charge in [-0.15, -0.1) is 0 Å². The lowest BCUT2D eigenvalue weighted by Crippen LogP contribution is -2.08. The fourth-order valence-electron chi connectivity index (χ4n) is 8.49. The Kier molecular flexibility index (Phi) is 10.8. The lowest BCUT2D eigenvalue weighted by molar-refractivity contribution is 0.466. The Balaban J connectivity index is 1.35. The second-order valence-corrected chi connectivity index (χ2v) is 19.5. The van der Waals surface area contributed by atoms with Gasteiger partial charge in [0.15, 0.2) is 5.75 Å². The van der Waals surface area contributed by atoms with E-state index in [1.54, 1.807) is 24.3 Å². The van der Waals surface area contributed by atoms with E-state index in [2.05, 4.69) is 66.7 Å². The van der Waals surface area contributed by atoms with Crippen molar-refractivity contribution in [2.45, 2.75) is 29.4 Å². The summed E-state index contributed by atoms with van der Waals surface area (Å²) in [7, 11) is -4.26. The summed E-state index contributed by atoms with van der Waals surface area (Å²) < 4.78 is 46.4. The molecule has 4 nitrogen and oxygen atoms in total. The SMILES string of the molecule is O=S(=O)(c1ccccc1)c1c(Sc2cccc3ccccc23)c(Sc2ccccc2)c(Oc2cccc3ccccc23)c2c(Oc3ccccc3)c(-c3cccc4ccccc34)ccc12. The highest BCUT2D eigenvalue weighted by Crippen LogP contribution is 2.58. The predicted molar refractivity (Wildman–Crippen MR) is 268 cm³/mol. The minimum Gasteiger partial charge on any atom is -0.456 e. The van der Waals surface area contributed by atoms with Crippen LogP contribution in [0.4, 0.5) is 0 Å². The van der Waals surface area contributed by atoms with E-state index in [4.69, 9.17) is 9.47 Å². The first-order valence-corrected chi connectivity index (χ1v) is 24.3. The number of benzene rings is 11. The van der Waals surface area contributed by atoms with Gasteiger partial charge in [-0.2, -0.15) is 0 Å². The van der Waals surface area contributed by atoms with E-state index in [1.165, 1.54) is 23.5 Å². The summed E-state index contributed by atoms with van der Waals surface area (Å²) in [6.07, 6.45) is 0. The topological polar surface area (TPSA) is 52.6 Å². The maximum atomic E-state index is 15.9. The summed E-state index contributed by atoms with van der Waals surface area (Å²) in [4.78, 5) is 3.35. The number of fused-ring (bicyclic) bond motifs is 4. The molecule has 0 radical (unpaired) electrons. The predicted octanol–water partition coefficient (Wildman–Crippen LogP) is 16.7. The zero-order chi connectivity index (χ0) is 43.7. The average Bonchev–Trinajstić information content (AvgIpc) is 3.36. The number of sulfone groups is 1. The molecule has 312 valence electrons. The molecule has 65 heavy (non-hydrogen) atoms. The average molecular weight is 895 g/mol. The van der Waals surface area contributed by atoms with Crippen molar-refractivity contribution in [2.75, 3.05) is 0 Å². The highest BCUT2D eigenvalue weighted by Gasteiger charge is 2.34. The van der Waals surface area contributed by atoms with E-state index in [9.17, 15) is 0 Å². The summed E-state index contributed by atoms with van der Waals surface area (Å²) >= 11 is 2.93. The minimum atomic E-state index is -4.26. The second kappa shape index (κ2) is 17.4. The number of ether oxygens (including phenoxy) is 2. The zero-order valence-electron chi connectivity index (χ0n) is 34.8. The molecular formula is C58H38O4S3. The molecule has 0 aromatic heterocycles. The van der Waals surface area contributed by atoms with Crippen molar-refractivity contribution < 1.29 is 17.9 Å². The normalized spacial score (nSPS) is 11.6. The molecule has 0 N–H and O–H groups in total. The van der Waals surface area contributed by atoms with Crippen molar-refractivity contribution in [1.82, 2.24) is 0 Å². The van der Waals surface area contributed by atoms with Crippen molar-refractivity contribution in [3.63, 3.8) is 0 Å². The van der Waals surface area contributed by atoms with Gasteiger partial charge in [-0.25, -0.2) is 8.42 Å². The van der Waals surface area contributed by atoms with Crippen LogP contribution in [0.5, 0.6) is 23.0 Å². The third-order valence-corrected chi connectivity index (χ3v) is 15.9. The molecule has 0 bridgehead atoms. The maximum Gasteiger partial charge on any atom is 0.208 e. The van der Waals surface area contributed by atoms with Gasteiger partial charge in [-0.05, 0) is 87.1 Å². The Labute approximate surface area is 386 Å². The first-order chi connectivity index (χ1) is 32.0. The Morgan fingerprint density at radius 1 is 0.369 bits per heavy atom. The zero-order valence-corrected chi connectivity index (χ0v) is 37.2. The molecule has 0 atom stereocenters. The minimum absolute atomic E-state index is 0.169. The Hall–Kier alpha value is -7.29. The van der Waals surface area contributed by atoms with E-state index in [0.717, 1.165) is 53.2 Å². The second-order valence-electron chi connectivity index (χ2n) is 15.5. The van der Waals surface area contributed by atoms with Crippen molar-refractivity contribution in [3.05, 3.63) is 231 Å². The van der Waals surface area contributed by atoms with Gasteiger partial charge >= 0.3 is 0 Å². The first-order valence-electron chi connectivity index (χ1n) is 21.2. The van der Waals surface area contributed by atoms with Gasteiger partial charge in [0.05, 0.1) is 20.1 Å². The quantitative estimate of drug-likeness (QED) is 0.129. The summed E-state index contributed by atoms with van der Waals surface area (Å²) in [5.41, 5.74) is 1.72. The van der Waals surface area contributed by atoms with Gasteiger partial charge in [-0.1, -0.05) is 199 Å². The first kappa shape index (κ1) is 40.5. The standard InChI is InChI=1S/C58H38O4S3/c59-65(60,44-29-8-3-9-30-44)58-50-38-37-49(48-34-16-22-39-19-10-13-31-45(39)48)54(61-42-25-4-1-5-26-42)53(50)55(62-51-35-17-23-40-20-11-14-32-46(40)51)56(63-43-27-6-2-7-28-43)57(58)64-52-36-18-24-41-21-12-15-33-47(41)52/h1-38H. The number of hydrogen-bond acceptors (Lipinski definition) is 6. The molecule has 11 aromatic carbocycles. The molecule has 0 aliphatic carbocycles. The van der Waals surface area contributed by atoms with Crippen LogP contribution in [0.1, 0.15) is 0 Å². The monoisotopic (exact) mass is 894 g/mol. The molecule has 11 rings (SSSR count). The van der Waals surface area contributed by atoms with Crippen LogP contribution < -0.4 is 9.47 Å². The molecule has 11 aromatic rings. The molecule has 0 spiro atoms. The molecule has 0 aliphatic rings. The number of para-hydroxylation sites is 1. The maximum absolute atomic E-state index is 15.9. The van der Waals surface area contributed by atoms with E-state index in [-0.39, 0.29) is 9.79 Å². The van der Waals surface area contributed by atoms with E-state index in [1.807, 2.05) is 140 Å². The summed E-state index contributed by atoms with van der Waals surface area (Å²) in [6, 6.07) is 75.5. The van der Waals surface area contributed by atoms with Crippen LogP contribution in [0, 0.1) is 0 Å². The molecule has 0 heterocycles. The molecule has 0 fully saturated rings. The highest BCUT2D eigenvalue weighted by atomic mass is 32.2. The summed E-state index contributed by atoms with van der Waals surface area (Å²) in [5.74, 6) is 2.17. The molecule has 7 heteroatoms. The van der Waals surface area contributed by atoms with E-state index < -0.39 is 9.84 Å². The van der Waals surface area contributed by atoms with Crippen LogP contribution in [0.25, 0.3) is 54.2 Å². The van der Waals surface area contributed by atoms with Gasteiger partial charge in [0.1, 0.15) is 17.2 Å². The fourth-order valence-corrected chi connectivity index (χ4v) is 12.8. The van der Waals surface area contributed by atoms with Gasteiger partial charge in [0.2, 0.25) is 9.84 Å². The van der Waals surface area contributed by atoms with Crippen LogP contribution >= 0.6 is 23.5 Å². The molecule has 0 amide bonds.